The molecule has 26 heavy (non-hydrogen) atoms. The Bertz CT molecular complexity index is 443. The highest BCUT2D eigenvalue weighted by molar-refractivity contribution is 5.67. The largest absolute Gasteiger partial charge is 0.450 e. The molecule has 3 rings (SSSR count). The molecule has 0 aromatic rings. The summed E-state index contributed by atoms with van der Waals surface area (Å²) >= 11 is 0. The van der Waals surface area contributed by atoms with Crippen LogP contribution >= 0.6 is 0 Å². The van der Waals surface area contributed by atoms with Crippen LogP contribution in [0.4, 0.5) is 9.18 Å². The van der Waals surface area contributed by atoms with E-state index in [2.05, 4.69) is 9.80 Å². The normalized spacial score (nSPS) is 29.7. The zero-order valence-electron chi connectivity index (χ0n) is 16.4. The highest BCUT2D eigenvalue weighted by Gasteiger charge is 2.35. The van der Waals surface area contributed by atoms with Gasteiger partial charge < -0.3 is 14.5 Å². The van der Waals surface area contributed by atoms with Gasteiger partial charge in [-0.05, 0) is 77.4 Å². The number of ether oxygens (including phenoxy) is 1. The number of alkyl halides is 1. The number of piperidine rings is 1. The zero-order chi connectivity index (χ0) is 18.4. The van der Waals surface area contributed by atoms with Gasteiger partial charge >= 0.3 is 6.09 Å². The van der Waals surface area contributed by atoms with Crippen molar-refractivity contribution in [3.05, 3.63) is 0 Å². The molecular formula is C20H36FN3O2. The highest BCUT2D eigenvalue weighted by atomic mass is 19.1. The topological polar surface area (TPSA) is 36.0 Å². The summed E-state index contributed by atoms with van der Waals surface area (Å²) in [5.41, 5.74) is 0. The van der Waals surface area contributed by atoms with E-state index in [1.807, 2.05) is 11.8 Å². The maximum Gasteiger partial charge on any atom is 0.409 e. The average molecular weight is 370 g/mol. The van der Waals surface area contributed by atoms with Crippen molar-refractivity contribution in [3.8, 4) is 0 Å². The Morgan fingerprint density at radius 2 is 1.77 bits per heavy atom. The van der Waals surface area contributed by atoms with E-state index in [1.165, 1.54) is 32.1 Å². The Kier molecular flexibility index (Phi) is 7.55. The molecule has 0 radical (unpaired) electrons. The van der Waals surface area contributed by atoms with Crippen LogP contribution in [0, 0.1) is 5.92 Å². The van der Waals surface area contributed by atoms with Crippen LogP contribution < -0.4 is 0 Å². The molecular weight excluding hydrogens is 333 g/mol. The van der Waals surface area contributed by atoms with Gasteiger partial charge in [-0.25, -0.2) is 9.18 Å². The molecule has 0 aliphatic carbocycles. The second-order valence-corrected chi connectivity index (χ2v) is 8.08. The van der Waals surface area contributed by atoms with Crippen molar-refractivity contribution in [1.29, 1.82) is 0 Å². The van der Waals surface area contributed by atoms with Crippen LogP contribution in [0.15, 0.2) is 0 Å². The molecule has 3 saturated heterocycles. The fraction of sp³-hybridized carbons (Fsp3) is 0.950. The van der Waals surface area contributed by atoms with Crippen LogP contribution in [-0.2, 0) is 4.74 Å². The third-order valence-corrected chi connectivity index (χ3v) is 6.64. The molecule has 0 spiro atoms. The lowest BCUT2D eigenvalue weighted by Gasteiger charge is -2.41. The van der Waals surface area contributed by atoms with Crippen LogP contribution in [0.1, 0.15) is 51.9 Å². The molecule has 0 aromatic carbocycles. The number of carbonyl (C=O) groups excluding carboxylic acids is 1. The van der Waals surface area contributed by atoms with E-state index in [1.54, 1.807) is 0 Å². The van der Waals surface area contributed by atoms with Gasteiger partial charge in [-0.3, -0.25) is 4.90 Å². The van der Waals surface area contributed by atoms with Gasteiger partial charge in [0, 0.05) is 31.7 Å². The molecule has 3 aliphatic rings. The molecule has 0 saturated carbocycles. The number of rotatable bonds is 5. The molecule has 2 unspecified atom stereocenters. The third kappa shape index (κ3) is 4.89. The minimum Gasteiger partial charge on any atom is -0.450 e. The van der Waals surface area contributed by atoms with Crippen LogP contribution in [0.25, 0.3) is 0 Å². The second-order valence-electron chi connectivity index (χ2n) is 8.08. The van der Waals surface area contributed by atoms with Gasteiger partial charge in [0.15, 0.2) is 0 Å². The van der Waals surface area contributed by atoms with Crippen LogP contribution in [0.3, 0.4) is 0 Å². The first kappa shape index (κ1) is 19.9. The second kappa shape index (κ2) is 9.88. The van der Waals surface area contributed by atoms with Crippen molar-refractivity contribution in [2.75, 3.05) is 52.6 Å². The number of hydrogen-bond donors (Lipinski definition) is 0. The molecule has 150 valence electrons. The van der Waals surface area contributed by atoms with Crippen molar-refractivity contribution in [2.45, 2.75) is 64.0 Å². The Morgan fingerprint density at radius 1 is 1.00 bits per heavy atom. The first-order chi connectivity index (χ1) is 12.7. The maximum absolute atomic E-state index is 12.8. The summed E-state index contributed by atoms with van der Waals surface area (Å²) in [5, 5.41) is 0. The van der Waals surface area contributed by atoms with Gasteiger partial charge in [-0.15, -0.1) is 0 Å². The Balaban J connectivity index is 1.45. The van der Waals surface area contributed by atoms with Gasteiger partial charge in [0.25, 0.3) is 0 Å². The molecule has 3 fully saturated rings. The lowest BCUT2D eigenvalue weighted by atomic mass is 9.87. The highest BCUT2D eigenvalue weighted by Crippen LogP contribution is 2.32. The number of halogens is 1. The van der Waals surface area contributed by atoms with E-state index in [0.717, 1.165) is 51.5 Å². The summed E-state index contributed by atoms with van der Waals surface area (Å²) in [6.45, 7) is 7.77. The molecule has 0 aromatic heterocycles. The molecule has 3 heterocycles. The van der Waals surface area contributed by atoms with Gasteiger partial charge in [0.2, 0.25) is 0 Å². The minimum absolute atomic E-state index is 0.152. The summed E-state index contributed by atoms with van der Waals surface area (Å²) in [5.74, 6) is 0.738. The number of amides is 1. The van der Waals surface area contributed by atoms with Crippen LogP contribution in [-0.4, -0.2) is 85.4 Å². The summed E-state index contributed by atoms with van der Waals surface area (Å²) in [7, 11) is 0. The van der Waals surface area contributed by atoms with E-state index in [4.69, 9.17) is 4.74 Å². The quantitative estimate of drug-likeness (QED) is 0.746. The maximum atomic E-state index is 12.8. The predicted octanol–water partition coefficient (Wildman–Crippen LogP) is 3.14. The lowest BCUT2D eigenvalue weighted by Crippen LogP contribution is -2.46. The van der Waals surface area contributed by atoms with E-state index in [9.17, 15) is 9.18 Å². The Morgan fingerprint density at radius 3 is 2.50 bits per heavy atom. The molecule has 3 aliphatic heterocycles. The van der Waals surface area contributed by atoms with Crippen molar-refractivity contribution >= 4 is 6.09 Å². The summed E-state index contributed by atoms with van der Waals surface area (Å²) in [4.78, 5) is 18.9. The fourth-order valence-electron chi connectivity index (χ4n) is 5.28. The summed E-state index contributed by atoms with van der Waals surface area (Å²) < 4.78 is 17.9. The molecule has 2 atom stereocenters. The number of hydrogen-bond acceptors (Lipinski definition) is 4. The van der Waals surface area contributed by atoms with Crippen molar-refractivity contribution in [2.24, 2.45) is 5.92 Å². The first-order valence-corrected chi connectivity index (χ1v) is 10.7. The van der Waals surface area contributed by atoms with Gasteiger partial charge in [0.05, 0.1) is 6.61 Å². The predicted molar refractivity (Wildman–Crippen MR) is 101 cm³/mol. The average Bonchev–Trinajstić information content (AvgIpc) is 2.97. The van der Waals surface area contributed by atoms with Crippen LogP contribution in [0.5, 0.6) is 0 Å². The van der Waals surface area contributed by atoms with Crippen LogP contribution in [0.2, 0.25) is 0 Å². The van der Waals surface area contributed by atoms with Crippen molar-refractivity contribution < 1.29 is 13.9 Å². The molecule has 0 bridgehead atoms. The molecule has 1 amide bonds. The molecule has 6 heteroatoms. The van der Waals surface area contributed by atoms with Crippen molar-refractivity contribution in [3.63, 3.8) is 0 Å². The monoisotopic (exact) mass is 369 g/mol. The Labute approximate surface area is 157 Å². The number of likely N-dealkylation sites (tertiary alicyclic amines) is 3. The van der Waals surface area contributed by atoms with Crippen molar-refractivity contribution in [1.82, 2.24) is 14.7 Å². The van der Waals surface area contributed by atoms with Gasteiger partial charge in [-0.2, -0.15) is 0 Å². The van der Waals surface area contributed by atoms with E-state index >= 15 is 0 Å². The van der Waals surface area contributed by atoms with E-state index in [-0.39, 0.29) is 12.8 Å². The zero-order valence-corrected chi connectivity index (χ0v) is 16.4. The summed E-state index contributed by atoms with van der Waals surface area (Å²) in [6.07, 6.45) is 8.12. The summed E-state index contributed by atoms with van der Waals surface area (Å²) in [6, 6.07) is 1.21. The fourth-order valence-corrected chi connectivity index (χ4v) is 5.28. The number of carbonyl (C=O) groups is 1. The SMILES string of the molecule is CCOC(=O)N1CCCC(N2CCC(C3CCCN3CCF)CC2)CC1. The first-order valence-electron chi connectivity index (χ1n) is 10.7. The van der Waals surface area contributed by atoms with Gasteiger partial charge in [0.1, 0.15) is 6.67 Å². The van der Waals surface area contributed by atoms with E-state index < -0.39 is 0 Å². The Hall–Kier alpha value is -0.880. The smallest absolute Gasteiger partial charge is 0.409 e. The van der Waals surface area contributed by atoms with Gasteiger partial charge in [-0.1, -0.05) is 0 Å². The third-order valence-electron chi connectivity index (χ3n) is 6.64. The molecule has 0 N–H and O–H groups in total. The molecule has 5 nitrogen and oxygen atoms in total. The minimum atomic E-state index is -0.214. The number of nitrogens with zero attached hydrogens (tertiary/aromatic N) is 3. The lowest BCUT2D eigenvalue weighted by molar-refractivity contribution is 0.0779. The van der Waals surface area contributed by atoms with E-state index in [0.29, 0.717) is 25.2 Å². The standard InChI is InChI=1S/C20H36FN3O2/c1-2-26-20(25)24-12-3-5-18(9-15-24)22-13-7-17(8-14-22)19-6-4-11-23(19)16-10-21/h17-19H,2-16H2,1H3.